The van der Waals surface area contributed by atoms with Gasteiger partial charge in [0.2, 0.25) is 0 Å². The highest BCUT2D eigenvalue weighted by molar-refractivity contribution is 5.45. The number of phenolic OH excluding ortho intramolecular Hbond substituents is 1. The Balaban J connectivity index is 2.04. The van der Waals surface area contributed by atoms with Crippen LogP contribution in [0.5, 0.6) is 5.75 Å². The Morgan fingerprint density at radius 1 is 1.22 bits per heavy atom. The van der Waals surface area contributed by atoms with E-state index in [9.17, 15) is 10.2 Å². The third-order valence-electron chi connectivity index (χ3n) is 4.79. The summed E-state index contributed by atoms with van der Waals surface area (Å²) in [6.45, 7) is 4.09. The molecule has 0 aliphatic heterocycles. The molecule has 2 aliphatic carbocycles. The largest absolute Gasteiger partial charge is 0.508 e. The van der Waals surface area contributed by atoms with Gasteiger partial charge in [-0.15, -0.1) is 0 Å². The number of benzene rings is 1. The van der Waals surface area contributed by atoms with Crippen molar-refractivity contribution < 1.29 is 10.2 Å². The summed E-state index contributed by atoms with van der Waals surface area (Å²) < 4.78 is 0. The van der Waals surface area contributed by atoms with Crippen molar-refractivity contribution in [3.8, 4) is 5.75 Å². The van der Waals surface area contributed by atoms with Gasteiger partial charge in [-0.2, -0.15) is 0 Å². The zero-order valence-electron chi connectivity index (χ0n) is 11.2. The summed E-state index contributed by atoms with van der Waals surface area (Å²) in [5.74, 6) is 1.76. The first-order chi connectivity index (χ1) is 8.51. The molecule has 2 fully saturated rings. The molecule has 0 radical (unpaired) electrons. The van der Waals surface area contributed by atoms with Crippen LogP contribution < -0.4 is 0 Å². The molecular formula is C16H22O2. The number of phenols is 1. The summed E-state index contributed by atoms with van der Waals surface area (Å²) in [7, 11) is 0. The van der Waals surface area contributed by atoms with Crippen LogP contribution in [0.1, 0.15) is 56.6 Å². The minimum absolute atomic E-state index is 0.353. The van der Waals surface area contributed by atoms with E-state index in [-0.39, 0.29) is 0 Å². The molecule has 2 heteroatoms. The molecule has 0 heterocycles. The van der Waals surface area contributed by atoms with Crippen LogP contribution in [0.3, 0.4) is 0 Å². The van der Waals surface area contributed by atoms with Crippen molar-refractivity contribution in [2.24, 2.45) is 11.8 Å². The lowest BCUT2D eigenvalue weighted by Crippen LogP contribution is -2.26. The van der Waals surface area contributed by atoms with Crippen molar-refractivity contribution in [1.29, 1.82) is 0 Å². The van der Waals surface area contributed by atoms with Crippen LogP contribution in [0.15, 0.2) is 18.2 Å². The summed E-state index contributed by atoms with van der Waals surface area (Å²) in [5.41, 5.74) is 1.15. The summed E-state index contributed by atoms with van der Waals surface area (Å²) in [4.78, 5) is 0. The van der Waals surface area contributed by atoms with E-state index < -0.39 is 5.60 Å². The average molecular weight is 246 g/mol. The molecule has 1 aromatic carbocycles. The molecule has 2 N–H and O–H groups in total. The molecule has 0 saturated heterocycles. The van der Waals surface area contributed by atoms with Crippen molar-refractivity contribution in [3.05, 3.63) is 29.3 Å². The van der Waals surface area contributed by atoms with Gasteiger partial charge in [0.15, 0.2) is 0 Å². The Kier molecular flexibility index (Phi) is 2.67. The molecule has 2 saturated carbocycles. The summed E-state index contributed by atoms with van der Waals surface area (Å²) >= 11 is 0. The fourth-order valence-electron chi connectivity index (χ4n) is 3.17. The maximum Gasteiger partial charge on any atom is 0.119 e. The lowest BCUT2D eigenvalue weighted by Gasteiger charge is -2.29. The van der Waals surface area contributed by atoms with Gasteiger partial charge in [-0.05, 0) is 62.0 Å². The number of aromatic hydroxyl groups is 1. The van der Waals surface area contributed by atoms with E-state index in [1.54, 1.807) is 6.07 Å². The lowest BCUT2D eigenvalue weighted by molar-refractivity contribution is 0.0315. The van der Waals surface area contributed by atoms with Gasteiger partial charge in [0, 0.05) is 5.56 Å². The standard InChI is InChI=1S/C16H22O2/c1-10(11-6-7-11)15-13(4-3-5-14(15)17)16(2,18)12-8-9-12/h3-5,10-12,17-18H,6-9H2,1-2H3. The zero-order valence-corrected chi connectivity index (χ0v) is 11.2. The van der Waals surface area contributed by atoms with Gasteiger partial charge in [0.25, 0.3) is 0 Å². The van der Waals surface area contributed by atoms with Crippen LogP contribution in [0.4, 0.5) is 0 Å². The second-order valence-electron chi connectivity index (χ2n) is 6.29. The predicted molar refractivity (Wildman–Crippen MR) is 71.5 cm³/mol. The Bertz CT molecular complexity index is 456. The smallest absolute Gasteiger partial charge is 0.119 e. The fraction of sp³-hybridized carbons (Fsp3) is 0.625. The van der Waals surface area contributed by atoms with Crippen LogP contribution in [-0.4, -0.2) is 10.2 Å². The molecular weight excluding hydrogens is 224 g/mol. The van der Waals surface area contributed by atoms with Crippen molar-refractivity contribution in [3.63, 3.8) is 0 Å². The number of hydrogen-bond acceptors (Lipinski definition) is 2. The fourth-order valence-corrected chi connectivity index (χ4v) is 3.17. The highest BCUT2D eigenvalue weighted by Crippen LogP contribution is 2.52. The van der Waals surface area contributed by atoms with Gasteiger partial charge in [0.1, 0.15) is 5.75 Å². The Labute approximate surface area is 109 Å². The number of aliphatic hydroxyl groups is 1. The zero-order chi connectivity index (χ0) is 12.9. The third kappa shape index (κ3) is 1.93. The molecule has 3 rings (SSSR count). The Morgan fingerprint density at radius 2 is 1.89 bits per heavy atom. The highest BCUT2D eigenvalue weighted by Gasteiger charge is 2.44. The van der Waals surface area contributed by atoms with Gasteiger partial charge >= 0.3 is 0 Å². The molecule has 2 nitrogen and oxygen atoms in total. The van der Waals surface area contributed by atoms with Crippen molar-refractivity contribution in [2.45, 2.75) is 51.0 Å². The van der Waals surface area contributed by atoms with Crippen molar-refractivity contribution in [2.75, 3.05) is 0 Å². The topological polar surface area (TPSA) is 40.5 Å². The third-order valence-corrected chi connectivity index (χ3v) is 4.79. The first kappa shape index (κ1) is 12.0. The van der Waals surface area contributed by atoms with Gasteiger partial charge in [-0.25, -0.2) is 0 Å². The molecule has 2 unspecified atom stereocenters. The summed E-state index contributed by atoms with van der Waals surface area (Å²) in [6.07, 6.45) is 4.70. The minimum Gasteiger partial charge on any atom is -0.508 e. The van der Waals surface area contributed by atoms with Crippen LogP contribution >= 0.6 is 0 Å². The van der Waals surface area contributed by atoms with Gasteiger partial charge in [0.05, 0.1) is 5.60 Å². The number of rotatable bonds is 4. The lowest BCUT2D eigenvalue weighted by atomic mass is 9.81. The Morgan fingerprint density at radius 3 is 2.44 bits per heavy atom. The first-order valence-corrected chi connectivity index (χ1v) is 7.06. The monoisotopic (exact) mass is 246 g/mol. The van der Waals surface area contributed by atoms with E-state index in [0.717, 1.165) is 24.0 Å². The highest BCUT2D eigenvalue weighted by atomic mass is 16.3. The molecule has 18 heavy (non-hydrogen) atoms. The van der Waals surface area contributed by atoms with Gasteiger partial charge in [-0.3, -0.25) is 0 Å². The first-order valence-electron chi connectivity index (χ1n) is 7.06. The predicted octanol–water partition coefficient (Wildman–Crippen LogP) is 3.52. The normalized spacial score (nSPS) is 24.6. The van der Waals surface area contributed by atoms with E-state index in [2.05, 4.69) is 6.92 Å². The molecule has 98 valence electrons. The molecule has 0 aromatic heterocycles. The second-order valence-corrected chi connectivity index (χ2v) is 6.29. The van der Waals surface area contributed by atoms with E-state index in [1.165, 1.54) is 12.8 Å². The maximum atomic E-state index is 10.8. The van der Waals surface area contributed by atoms with E-state index in [1.807, 2.05) is 19.1 Å². The number of hydrogen-bond donors (Lipinski definition) is 2. The SMILES string of the molecule is CC(c1c(O)cccc1C(C)(O)C1CC1)C1CC1. The molecule has 0 bridgehead atoms. The average Bonchev–Trinajstić information content (AvgIpc) is 3.19. The Hall–Kier alpha value is -1.02. The summed E-state index contributed by atoms with van der Waals surface area (Å²) in [6, 6.07) is 5.59. The molecule has 0 spiro atoms. The molecule has 0 amide bonds. The van der Waals surface area contributed by atoms with Crippen molar-refractivity contribution in [1.82, 2.24) is 0 Å². The minimum atomic E-state index is -0.781. The summed E-state index contributed by atoms with van der Waals surface area (Å²) in [5, 5.41) is 21.0. The van der Waals surface area contributed by atoms with E-state index in [4.69, 9.17) is 0 Å². The van der Waals surface area contributed by atoms with E-state index in [0.29, 0.717) is 23.5 Å². The molecule has 2 atom stereocenters. The maximum absolute atomic E-state index is 10.8. The molecule has 2 aliphatic rings. The van der Waals surface area contributed by atoms with Crippen molar-refractivity contribution >= 4 is 0 Å². The van der Waals surface area contributed by atoms with Crippen LogP contribution in [0, 0.1) is 11.8 Å². The van der Waals surface area contributed by atoms with E-state index >= 15 is 0 Å². The quantitative estimate of drug-likeness (QED) is 0.853. The van der Waals surface area contributed by atoms with Crippen LogP contribution in [-0.2, 0) is 5.60 Å². The van der Waals surface area contributed by atoms with Gasteiger partial charge < -0.3 is 10.2 Å². The van der Waals surface area contributed by atoms with Gasteiger partial charge in [-0.1, -0.05) is 19.1 Å². The van der Waals surface area contributed by atoms with Crippen LogP contribution in [0.25, 0.3) is 0 Å². The van der Waals surface area contributed by atoms with Crippen LogP contribution in [0.2, 0.25) is 0 Å². The second kappa shape index (κ2) is 3.99. The molecule has 1 aromatic rings.